The van der Waals surface area contributed by atoms with Crippen molar-refractivity contribution in [1.29, 1.82) is 0 Å². The minimum absolute atomic E-state index is 0.0459. The summed E-state index contributed by atoms with van der Waals surface area (Å²) >= 11 is 0. The standard InChI is InChI=1S/C58H65NO/c1-39-47(40-16-4-2-5-17-40)36-37-54(59-57(39)44-32-35-50-43(38-44)29-28-41-18-8-9-21-48(41)50)51-23-11-10-22-49(51)42-30-33-46(34-31-42)58(45-19-6-3-7-20-45)52-24-12-14-26-55(52)60-56-27-15-13-25-53(56)58/h4,8,10-12,14,16-19,22-23,26,28-30,33-34,37-39,42,49,51-54,56-57,59H,2-3,5-7,9,13,15,20-21,24-25,27,31-32,35H2,1H3. The van der Waals surface area contributed by atoms with Crippen molar-refractivity contribution in [3.8, 4) is 0 Å². The Hall–Kier alpha value is -4.36. The Balaban J connectivity index is 0.924. The molecule has 308 valence electrons. The largest absolute Gasteiger partial charge is 0.494 e. The van der Waals surface area contributed by atoms with E-state index in [0.29, 0.717) is 41.6 Å². The van der Waals surface area contributed by atoms with Gasteiger partial charge in [-0.2, -0.15) is 0 Å². The Morgan fingerprint density at radius 3 is 2.48 bits per heavy atom. The first-order valence-corrected chi connectivity index (χ1v) is 24.2. The minimum atomic E-state index is 0.0459. The lowest BCUT2D eigenvalue weighted by Gasteiger charge is -2.58. The summed E-state index contributed by atoms with van der Waals surface area (Å²) in [5.74, 6) is 3.73. The first-order valence-electron chi connectivity index (χ1n) is 24.2. The fourth-order valence-corrected chi connectivity index (χ4v) is 13.8. The molecule has 1 aromatic rings. The van der Waals surface area contributed by atoms with Gasteiger partial charge in [0.1, 0.15) is 11.9 Å². The third kappa shape index (κ3) is 6.73. The molecule has 2 aliphatic heterocycles. The number of hydrogen-bond donors (Lipinski definition) is 1. The Morgan fingerprint density at radius 1 is 0.733 bits per heavy atom. The molecule has 2 heterocycles. The second-order valence-electron chi connectivity index (χ2n) is 19.7. The fourth-order valence-electron chi connectivity index (χ4n) is 13.8. The number of hydrogen-bond acceptors (Lipinski definition) is 2. The van der Waals surface area contributed by atoms with Crippen molar-refractivity contribution in [3.05, 3.63) is 171 Å². The van der Waals surface area contributed by atoms with E-state index < -0.39 is 0 Å². The average Bonchev–Trinajstić information content (AvgIpc) is 3.49. The van der Waals surface area contributed by atoms with Crippen molar-refractivity contribution >= 4 is 12.2 Å². The zero-order chi connectivity index (χ0) is 40.0. The van der Waals surface area contributed by atoms with Crippen LogP contribution in [-0.2, 0) is 17.6 Å². The highest BCUT2D eigenvalue weighted by molar-refractivity contribution is 5.69. The number of nitrogens with one attached hydrogen (secondary N) is 1. The Bertz CT molecular complexity index is 2300. The molecule has 0 spiro atoms. The van der Waals surface area contributed by atoms with Gasteiger partial charge in [-0.05, 0) is 154 Å². The van der Waals surface area contributed by atoms with Crippen LogP contribution in [0.2, 0.25) is 0 Å². The van der Waals surface area contributed by atoms with Crippen molar-refractivity contribution in [3.63, 3.8) is 0 Å². The van der Waals surface area contributed by atoms with Crippen molar-refractivity contribution < 1.29 is 4.74 Å². The van der Waals surface area contributed by atoms with Gasteiger partial charge in [-0.15, -0.1) is 5.73 Å². The molecule has 0 amide bonds. The lowest BCUT2D eigenvalue weighted by Crippen LogP contribution is -2.54. The topological polar surface area (TPSA) is 21.3 Å². The van der Waals surface area contributed by atoms with E-state index in [4.69, 9.17) is 4.74 Å². The molecule has 1 aromatic carbocycles. The molecular formula is C58H65NO. The maximum atomic E-state index is 6.97. The molecule has 10 aliphatic rings. The van der Waals surface area contributed by atoms with Crippen LogP contribution in [0.15, 0.2) is 149 Å². The highest BCUT2D eigenvalue weighted by Crippen LogP contribution is 2.63. The van der Waals surface area contributed by atoms with Gasteiger partial charge in [0.2, 0.25) is 0 Å². The van der Waals surface area contributed by atoms with Gasteiger partial charge in [-0.3, -0.25) is 0 Å². The van der Waals surface area contributed by atoms with E-state index in [1.807, 2.05) is 0 Å². The predicted octanol–water partition coefficient (Wildman–Crippen LogP) is 13.7. The molecule has 60 heavy (non-hydrogen) atoms. The highest BCUT2D eigenvalue weighted by atomic mass is 16.5. The number of benzene rings is 1. The van der Waals surface area contributed by atoms with Crippen LogP contribution in [0.1, 0.15) is 119 Å². The van der Waals surface area contributed by atoms with E-state index in [2.05, 4.69) is 139 Å². The second-order valence-corrected chi connectivity index (χ2v) is 19.7. The molecule has 2 nitrogen and oxygen atoms in total. The Labute approximate surface area is 360 Å². The summed E-state index contributed by atoms with van der Waals surface area (Å²) in [6.45, 7) is 2.46. The van der Waals surface area contributed by atoms with Crippen LogP contribution < -0.4 is 5.32 Å². The maximum absolute atomic E-state index is 6.97. The van der Waals surface area contributed by atoms with Crippen LogP contribution in [-0.4, -0.2) is 18.2 Å². The zero-order valence-corrected chi connectivity index (χ0v) is 36.0. The number of rotatable bonds is 6. The van der Waals surface area contributed by atoms with Crippen LogP contribution in [0, 0.1) is 40.9 Å². The van der Waals surface area contributed by atoms with Crippen LogP contribution in [0.3, 0.4) is 0 Å². The lowest BCUT2D eigenvalue weighted by molar-refractivity contribution is -0.0865. The Kier molecular flexibility index (Phi) is 10.6. The van der Waals surface area contributed by atoms with Crippen LogP contribution in [0.4, 0.5) is 0 Å². The number of ether oxygens (including phenoxy) is 1. The van der Waals surface area contributed by atoms with Crippen molar-refractivity contribution in [2.45, 2.75) is 128 Å². The van der Waals surface area contributed by atoms with Gasteiger partial charge >= 0.3 is 0 Å². The summed E-state index contributed by atoms with van der Waals surface area (Å²) in [5.41, 5.74) is 17.8. The van der Waals surface area contributed by atoms with Gasteiger partial charge < -0.3 is 10.1 Å². The summed E-state index contributed by atoms with van der Waals surface area (Å²) in [4.78, 5) is 0. The molecule has 1 N–H and O–H groups in total. The molecule has 2 fully saturated rings. The molecular weight excluding hydrogens is 727 g/mol. The van der Waals surface area contributed by atoms with Gasteiger partial charge in [-0.1, -0.05) is 134 Å². The molecule has 8 aliphatic carbocycles. The number of fused-ring (bicyclic) bond motifs is 5. The fraction of sp³-hybridized carbons (Fsp3) is 0.466. The summed E-state index contributed by atoms with van der Waals surface area (Å²) in [6.07, 6.45) is 63.9. The van der Waals surface area contributed by atoms with Gasteiger partial charge in [-0.25, -0.2) is 0 Å². The predicted molar refractivity (Wildman–Crippen MR) is 250 cm³/mol. The maximum Gasteiger partial charge on any atom is 0.102 e. The van der Waals surface area contributed by atoms with Crippen molar-refractivity contribution in [2.75, 3.05) is 0 Å². The molecule has 10 unspecified atom stereocenters. The van der Waals surface area contributed by atoms with Gasteiger partial charge in [0, 0.05) is 46.7 Å². The second kappa shape index (κ2) is 16.5. The minimum Gasteiger partial charge on any atom is -0.494 e. The third-order valence-corrected chi connectivity index (χ3v) is 16.6. The number of allylic oxidation sites excluding steroid dienone is 18. The lowest BCUT2D eigenvalue weighted by atomic mass is 9.50. The van der Waals surface area contributed by atoms with Gasteiger partial charge in [0.25, 0.3) is 0 Å². The SMILES string of the molecule is CC1C(C2=CCCC=C2)=C=CC(C2C=CC=CC2C2C=CC(C3(C4=CCCCC4)C4CC=CC=C4OC4CCCCC43)=CC2)NC1C1=Cc2ccc3c(c2CC1)CCC=C3. The third-order valence-electron chi connectivity index (χ3n) is 16.6. The normalized spacial score (nSPS) is 36.5. The van der Waals surface area contributed by atoms with E-state index in [1.165, 1.54) is 85.8 Å². The monoisotopic (exact) mass is 792 g/mol. The van der Waals surface area contributed by atoms with Crippen LogP contribution in [0.25, 0.3) is 12.2 Å². The van der Waals surface area contributed by atoms with E-state index in [1.54, 1.807) is 27.8 Å². The Morgan fingerprint density at radius 2 is 1.62 bits per heavy atom. The summed E-state index contributed by atoms with van der Waals surface area (Å²) in [7, 11) is 0. The van der Waals surface area contributed by atoms with Gasteiger partial charge in [0.15, 0.2) is 0 Å². The average molecular weight is 792 g/mol. The van der Waals surface area contributed by atoms with Gasteiger partial charge in [0.05, 0.1) is 0 Å². The van der Waals surface area contributed by atoms with E-state index in [9.17, 15) is 0 Å². The molecule has 10 atom stereocenters. The van der Waals surface area contributed by atoms with E-state index >= 15 is 0 Å². The molecule has 1 saturated carbocycles. The van der Waals surface area contributed by atoms with E-state index in [-0.39, 0.29) is 17.5 Å². The van der Waals surface area contributed by atoms with Crippen molar-refractivity contribution in [1.82, 2.24) is 5.32 Å². The molecule has 0 bridgehead atoms. The summed E-state index contributed by atoms with van der Waals surface area (Å²) in [6, 6.07) is 5.20. The first kappa shape index (κ1) is 38.6. The smallest absolute Gasteiger partial charge is 0.102 e. The summed E-state index contributed by atoms with van der Waals surface area (Å²) < 4.78 is 6.97. The van der Waals surface area contributed by atoms with Crippen molar-refractivity contribution in [2.24, 2.45) is 40.9 Å². The molecule has 11 rings (SSSR count). The first-order chi connectivity index (χ1) is 29.7. The van der Waals surface area contributed by atoms with Crippen LogP contribution in [0.5, 0.6) is 0 Å². The molecule has 0 radical (unpaired) electrons. The highest BCUT2D eigenvalue weighted by Gasteiger charge is 2.58. The molecule has 2 heteroatoms. The zero-order valence-electron chi connectivity index (χ0n) is 36.0. The molecule has 0 aromatic heterocycles. The van der Waals surface area contributed by atoms with E-state index in [0.717, 1.165) is 44.9 Å². The quantitative estimate of drug-likeness (QED) is 0.229. The summed E-state index contributed by atoms with van der Waals surface area (Å²) in [5, 5.41) is 4.38. The molecule has 1 saturated heterocycles. The van der Waals surface area contributed by atoms with Crippen LogP contribution >= 0.6 is 0 Å².